The van der Waals surface area contributed by atoms with Gasteiger partial charge in [0.15, 0.2) is 0 Å². The Bertz CT molecular complexity index is 3470. The van der Waals surface area contributed by atoms with Gasteiger partial charge in [0.05, 0.1) is 9.60 Å². The predicted molar refractivity (Wildman–Crippen MR) is 413 cm³/mol. The topological polar surface area (TPSA) is 0 Å². The molecule has 0 saturated carbocycles. The lowest BCUT2D eigenvalue weighted by atomic mass is 9.73. The summed E-state index contributed by atoms with van der Waals surface area (Å²) in [6.45, 7) is 98.4. The van der Waals surface area contributed by atoms with Crippen LogP contribution in [0.4, 0.5) is 0 Å². The minimum Gasteiger partial charge on any atom is -0.0582 e. The second-order valence-electron chi connectivity index (χ2n) is 41.9. The zero-order valence-corrected chi connectivity index (χ0v) is 68.1. The average molecular weight is 1240 g/mol. The molecule has 0 fully saturated rings. The molecule has 0 amide bonds. The van der Waals surface area contributed by atoms with Crippen molar-refractivity contribution in [2.75, 3.05) is 0 Å². The average Bonchev–Trinajstić information content (AvgIpc) is 0.779. The lowest BCUT2D eigenvalue weighted by Gasteiger charge is -2.32. The molecule has 0 N–H and O–H groups in total. The van der Waals surface area contributed by atoms with Crippen molar-refractivity contribution < 1.29 is 9.60 Å². The van der Waals surface area contributed by atoms with Gasteiger partial charge in [-0.25, -0.2) is 0 Å². The second kappa shape index (κ2) is 28.2. The van der Waals surface area contributed by atoms with Crippen LogP contribution in [0.25, 0.3) is 0 Å². The van der Waals surface area contributed by atoms with Gasteiger partial charge in [-0.2, -0.15) is 0 Å². The maximum absolute atomic E-state index is 8.70. The van der Waals surface area contributed by atoms with Gasteiger partial charge in [0, 0.05) is 0 Å². The van der Waals surface area contributed by atoms with E-state index in [9.17, 15) is 0 Å². The summed E-state index contributed by atoms with van der Waals surface area (Å²) >= 11 is 0. The Kier molecular flexibility index (Phi) is 22.5. The Labute approximate surface area is 573 Å². The number of hydrogen-bond acceptors (Lipinski definition) is 0. The highest BCUT2D eigenvalue weighted by atomic mass is 14.4. The maximum atomic E-state index is 8.70. The fraction of sp³-hybridized carbons (Fsp3) is 0.667. The summed E-state index contributed by atoms with van der Waals surface area (Å²) in [5.41, 5.74) is 17.4. The molecular formula is C90H150. The summed E-state index contributed by atoms with van der Waals surface area (Å²) in [5.74, 6) is 0. The minimum atomic E-state index is -0.176. The Hall–Kier alpha value is -3.90. The summed E-state index contributed by atoms with van der Waals surface area (Å²) in [6.07, 6.45) is 0. The van der Waals surface area contributed by atoms with Crippen LogP contribution in [0.1, 0.15) is 405 Å². The van der Waals surface area contributed by atoms with Crippen LogP contribution in [0, 0.1) is 0 Å². The maximum Gasteiger partial charge on any atom is 0.0629 e. The molecule has 0 aliphatic carbocycles. The van der Waals surface area contributed by atoms with Gasteiger partial charge in [-0.15, -0.1) is 0 Å². The molecular weight excluding hydrogens is 1080 g/mol. The molecule has 0 heteroatoms. The highest BCUT2D eigenvalue weighted by Crippen LogP contribution is 2.42. The number of benzene rings is 5. The molecule has 0 aliphatic rings. The quantitative estimate of drug-likeness (QED) is 0.145. The lowest BCUT2D eigenvalue weighted by molar-refractivity contribution is 0.523. The molecule has 510 valence electrons. The molecule has 90 heavy (non-hydrogen) atoms. The predicted octanol–water partition coefficient (Wildman–Crippen LogP) is 27.9. The summed E-state index contributed by atoms with van der Waals surface area (Å²) in [7, 11) is 0. The zero-order chi connectivity index (χ0) is 77.9. The van der Waals surface area contributed by atoms with E-state index in [2.05, 4.69) is 354 Å². The van der Waals surface area contributed by atoms with Crippen molar-refractivity contribution in [1.29, 1.82) is 0 Å². The van der Waals surface area contributed by atoms with Crippen molar-refractivity contribution in [3.63, 3.8) is 0 Å². The molecule has 0 bridgehead atoms. The first-order chi connectivity index (χ1) is 42.1. The van der Waals surface area contributed by atoms with Crippen LogP contribution in [-0.2, 0) is 81.2 Å². The van der Waals surface area contributed by atoms with Crippen LogP contribution in [-0.4, -0.2) is 0 Å². The van der Waals surface area contributed by atoms with Crippen LogP contribution >= 0.6 is 0 Å². The van der Waals surface area contributed by atoms with E-state index in [4.69, 9.17) is 9.60 Å². The first-order valence-corrected chi connectivity index (χ1v) is 34.4. The highest BCUT2D eigenvalue weighted by molar-refractivity contribution is 5.47. The van der Waals surface area contributed by atoms with Crippen LogP contribution in [0.5, 0.6) is 0 Å². The van der Waals surface area contributed by atoms with E-state index < -0.39 is 0 Å². The third-order valence-electron chi connectivity index (χ3n) is 16.5. The van der Waals surface area contributed by atoms with Gasteiger partial charge in [0.1, 0.15) is 0 Å². The van der Waals surface area contributed by atoms with Crippen LogP contribution in [0.15, 0.2) is 90.8 Å². The molecule has 0 saturated heterocycles. The SMILES string of the molecule is [2H]c1c(C(C)(C)C)cc(C(C)(C)C)c(C(C)(C)C)c1[2H].[2H]c1c(C(C)(C)C)ccc(C(C)(C)C)c1C(C)(C)C.[2H]c1cc(C(C)(C)C)c(C(C)(C)C)c([2H])c1C(C)(C)C.[2H]c1cc(C(C)(C)C)c(C(C)(C)C)cc1C(C)(C)C.[2H]c1cc(C(C)(C)C)cc(C(C)(C)C)c1C(C)(C)C. The van der Waals surface area contributed by atoms with Crippen LogP contribution < -0.4 is 0 Å². The number of rotatable bonds is 0. The van der Waals surface area contributed by atoms with Crippen molar-refractivity contribution >= 4 is 0 Å². The first-order valence-electron chi connectivity index (χ1n) is 37.9. The molecule has 0 aliphatic heterocycles. The van der Waals surface area contributed by atoms with Crippen LogP contribution in [0.3, 0.4) is 0 Å². The number of hydrogen-bond donors (Lipinski definition) is 0. The molecule has 0 unspecified atom stereocenters. The van der Waals surface area contributed by atoms with Gasteiger partial charge in [-0.05, 0) is 165 Å². The summed E-state index contributed by atoms with van der Waals surface area (Å²) in [4.78, 5) is 0. The molecule has 5 rings (SSSR count). The molecule has 0 aromatic heterocycles. The third-order valence-corrected chi connectivity index (χ3v) is 16.5. The fourth-order valence-electron chi connectivity index (χ4n) is 10.5. The van der Waals surface area contributed by atoms with E-state index >= 15 is 0 Å². The van der Waals surface area contributed by atoms with Gasteiger partial charge in [0.25, 0.3) is 0 Å². The van der Waals surface area contributed by atoms with Crippen molar-refractivity contribution in [2.45, 2.75) is 393 Å². The van der Waals surface area contributed by atoms with E-state index in [1.165, 1.54) is 44.5 Å². The molecule has 5 aromatic carbocycles. The molecule has 0 atom stereocenters. The van der Waals surface area contributed by atoms with Crippen molar-refractivity contribution in [3.8, 4) is 0 Å². The second-order valence-corrected chi connectivity index (χ2v) is 41.9. The minimum absolute atomic E-state index is 0.000949. The fourth-order valence-corrected chi connectivity index (χ4v) is 10.5. The molecule has 0 nitrogen and oxygen atoms in total. The van der Waals surface area contributed by atoms with Crippen LogP contribution in [0.2, 0.25) is 0 Å². The van der Waals surface area contributed by atoms with E-state index in [-0.39, 0.29) is 81.2 Å². The van der Waals surface area contributed by atoms with E-state index in [0.29, 0.717) is 36.3 Å². The monoisotopic (exact) mass is 1240 g/mol. The van der Waals surface area contributed by atoms with Gasteiger partial charge < -0.3 is 0 Å². The van der Waals surface area contributed by atoms with Gasteiger partial charge in [-0.3, -0.25) is 0 Å². The van der Waals surface area contributed by atoms with Gasteiger partial charge in [-0.1, -0.05) is 402 Å². The highest BCUT2D eigenvalue weighted by Gasteiger charge is 2.33. The van der Waals surface area contributed by atoms with E-state index in [1.54, 1.807) is 0 Å². The first kappa shape index (κ1) is 71.9. The van der Waals surface area contributed by atoms with Crippen molar-refractivity contribution in [3.05, 3.63) is 174 Å². The summed E-state index contributed by atoms with van der Waals surface area (Å²) < 4.78 is 59.5. The molecule has 5 aromatic rings. The summed E-state index contributed by atoms with van der Waals surface area (Å²) in [6, 6.07) is 21.2. The largest absolute Gasteiger partial charge is 0.0629 e. The Morgan fingerprint density at radius 2 is 0.378 bits per heavy atom. The van der Waals surface area contributed by atoms with Gasteiger partial charge in [0.2, 0.25) is 0 Å². The smallest absolute Gasteiger partial charge is 0.0582 e. The molecule has 0 radical (unpaired) electrons. The van der Waals surface area contributed by atoms with Crippen molar-refractivity contribution in [2.24, 2.45) is 0 Å². The third kappa shape index (κ3) is 25.4. The molecule has 0 heterocycles. The Balaban J connectivity index is 0.000000606. The Morgan fingerprint density at radius 1 is 0.156 bits per heavy atom. The summed E-state index contributed by atoms with van der Waals surface area (Å²) in [5, 5.41) is 0. The zero-order valence-electron chi connectivity index (χ0n) is 75.1. The van der Waals surface area contributed by atoms with Crippen molar-refractivity contribution in [1.82, 2.24) is 0 Å². The lowest BCUT2D eigenvalue weighted by Crippen LogP contribution is -2.23. The van der Waals surface area contributed by atoms with Gasteiger partial charge >= 0.3 is 0 Å². The van der Waals surface area contributed by atoms with E-state index in [0.717, 1.165) is 45.0 Å². The normalized spacial score (nSPS) is 14.9. The Morgan fingerprint density at radius 3 is 0.667 bits per heavy atom. The molecule has 0 spiro atoms. The van der Waals surface area contributed by atoms with E-state index in [1.807, 2.05) is 6.07 Å². The standard InChI is InChI=1S/5C18H30/c5*1-16(2,3)13-10-11-14(17(4,5)6)15(12-13)18(7,8)9/h5*10-12H,1-9H3/i10D,12D;10D,11D;12D;11D;10D.